The predicted molar refractivity (Wildman–Crippen MR) is 103 cm³/mol. The van der Waals surface area contributed by atoms with Crippen LogP contribution < -0.4 is 10.9 Å². The van der Waals surface area contributed by atoms with Gasteiger partial charge in [0.15, 0.2) is 5.13 Å². The Morgan fingerprint density at radius 3 is 2.69 bits per heavy atom. The van der Waals surface area contributed by atoms with Crippen molar-refractivity contribution in [2.45, 2.75) is 6.92 Å². The van der Waals surface area contributed by atoms with Crippen LogP contribution in [0.15, 0.2) is 69.2 Å². The largest absolute Gasteiger partial charge is 0.422 e. The molecule has 2 heterocycles. The summed E-state index contributed by atoms with van der Waals surface area (Å²) in [6, 6.07) is 16.3. The van der Waals surface area contributed by atoms with Gasteiger partial charge in [-0.15, -0.1) is 11.3 Å². The van der Waals surface area contributed by atoms with Crippen molar-refractivity contribution in [1.29, 1.82) is 0 Å². The summed E-state index contributed by atoms with van der Waals surface area (Å²) in [7, 11) is 0. The molecule has 1 N–H and O–H groups in total. The van der Waals surface area contributed by atoms with Gasteiger partial charge in [-0.1, -0.05) is 35.9 Å². The Hall–Kier alpha value is -3.25. The number of hydrogen-bond donors (Lipinski definition) is 1. The number of aryl methyl sites for hydroxylation is 1. The summed E-state index contributed by atoms with van der Waals surface area (Å²) >= 11 is 1.26. The molecule has 4 rings (SSSR count). The van der Waals surface area contributed by atoms with Gasteiger partial charge in [0, 0.05) is 16.3 Å². The third-order valence-corrected chi connectivity index (χ3v) is 4.71. The molecular weight excluding hydrogens is 348 g/mol. The number of amides is 1. The summed E-state index contributed by atoms with van der Waals surface area (Å²) in [6.45, 7) is 1.96. The van der Waals surface area contributed by atoms with Gasteiger partial charge in [-0.25, -0.2) is 9.78 Å². The summed E-state index contributed by atoms with van der Waals surface area (Å²) in [4.78, 5) is 28.9. The van der Waals surface area contributed by atoms with E-state index in [1.54, 1.807) is 29.6 Å². The highest BCUT2D eigenvalue weighted by Gasteiger charge is 2.13. The lowest BCUT2D eigenvalue weighted by Crippen LogP contribution is -2.11. The van der Waals surface area contributed by atoms with Gasteiger partial charge in [0.2, 0.25) is 0 Å². The van der Waals surface area contributed by atoms with E-state index < -0.39 is 5.63 Å². The number of hydrogen-bond acceptors (Lipinski definition) is 5. The molecule has 128 valence electrons. The minimum absolute atomic E-state index is 0.239. The number of anilines is 1. The molecule has 0 aliphatic carbocycles. The maximum atomic E-state index is 12.3. The lowest BCUT2D eigenvalue weighted by molar-refractivity contribution is 0.102. The lowest BCUT2D eigenvalue weighted by Gasteiger charge is -2.02. The molecule has 26 heavy (non-hydrogen) atoms. The van der Waals surface area contributed by atoms with Gasteiger partial charge in [0.05, 0.1) is 11.3 Å². The SMILES string of the molecule is Cc1ccc(C(=O)Nc2nc(-c3cc4ccccc4oc3=O)cs2)cc1. The Bertz CT molecular complexity index is 1160. The standard InChI is InChI=1S/C20H14N2O3S/c1-12-6-8-13(9-7-12)18(23)22-20-21-16(11-26-20)15-10-14-4-2-3-5-17(14)25-19(15)24/h2-11H,1H3,(H,21,22,23). The second kappa shape index (κ2) is 6.57. The van der Waals surface area contributed by atoms with E-state index in [-0.39, 0.29) is 5.91 Å². The van der Waals surface area contributed by atoms with Crippen LogP contribution in [-0.4, -0.2) is 10.9 Å². The molecule has 2 aromatic heterocycles. The molecule has 5 nitrogen and oxygen atoms in total. The van der Waals surface area contributed by atoms with Gasteiger partial charge in [-0.3, -0.25) is 10.1 Å². The zero-order chi connectivity index (χ0) is 18.1. The molecule has 0 saturated heterocycles. The average Bonchev–Trinajstić information content (AvgIpc) is 3.10. The topological polar surface area (TPSA) is 72.2 Å². The van der Waals surface area contributed by atoms with Crippen LogP contribution in [0.25, 0.3) is 22.2 Å². The first-order valence-electron chi connectivity index (χ1n) is 7.97. The minimum Gasteiger partial charge on any atom is -0.422 e. The van der Waals surface area contributed by atoms with Gasteiger partial charge < -0.3 is 4.42 Å². The minimum atomic E-state index is -0.453. The maximum Gasteiger partial charge on any atom is 0.345 e. The van der Waals surface area contributed by atoms with E-state index in [2.05, 4.69) is 10.3 Å². The first-order chi connectivity index (χ1) is 12.6. The Kier molecular flexibility index (Phi) is 4.10. The predicted octanol–water partition coefficient (Wildman–Crippen LogP) is 4.48. The number of carbonyl (C=O) groups is 1. The average molecular weight is 362 g/mol. The fourth-order valence-electron chi connectivity index (χ4n) is 2.57. The van der Waals surface area contributed by atoms with E-state index in [4.69, 9.17) is 4.42 Å². The van der Waals surface area contributed by atoms with Gasteiger partial charge in [0.1, 0.15) is 5.58 Å². The number of thiazole rings is 1. The molecule has 1 amide bonds. The fourth-order valence-corrected chi connectivity index (χ4v) is 3.28. The second-order valence-electron chi connectivity index (χ2n) is 5.84. The number of carbonyl (C=O) groups excluding carboxylic acids is 1. The van der Waals surface area contributed by atoms with Crippen molar-refractivity contribution in [2.75, 3.05) is 5.32 Å². The molecule has 0 fully saturated rings. The van der Waals surface area contributed by atoms with Gasteiger partial charge in [-0.05, 0) is 31.2 Å². The lowest BCUT2D eigenvalue weighted by atomic mass is 10.1. The van der Waals surface area contributed by atoms with Crippen LogP contribution >= 0.6 is 11.3 Å². The summed E-state index contributed by atoms with van der Waals surface area (Å²) in [5.74, 6) is -0.239. The third kappa shape index (κ3) is 3.14. The highest BCUT2D eigenvalue weighted by atomic mass is 32.1. The summed E-state index contributed by atoms with van der Waals surface area (Å²) in [5, 5.41) is 5.74. The third-order valence-electron chi connectivity index (χ3n) is 3.96. The molecule has 0 saturated carbocycles. The van der Waals surface area contributed by atoms with Crippen LogP contribution in [0.5, 0.6) is 0 Å². The van der Waals surface area contributed by atoms with E-state index in [0.29, 0.717) is 27.5 Å². The second-order valence-corrected chi connectivity index (χ2v) is 6.70. The highest BCUT2D eigenvalue weighted by molar-refractivity contribution is 7.14. The Balaban J connectivity index is 1.62. The first kappa shape index (κ1) is 16.2. The number of para-hydroxylation sites is 1. The number of aromatic nitrogens is 1. The van der Waals surface area contributed by atoms with E-state index in [1.165, 1.54) is 11.3 Å². The van der Waals surface area contributed by atoms with Gasteiger partial charge in [-0.2, -0.15) is 0 Å². The Morgan fingerprint density at radius 1 is 1.12 bits per heavy atom. The maximum absolute atomic E-state index is 12.3. The number of fused-ring (bicyclic) bond motifs is 1. The zero-order valence-electron chi connectivity index (χ0n) is 13.9. The summed E-state index contributed by atoms with van der Waals surface area (Å²) in [6.07, 6.45) is 0. The molecule has 4 aromatic rings. The molecule has 0 spiro atoms. The number of rotatable bonds is 3. The molecule has 0 aliphatic heterocycles. The van der Waals surface area contributed by atoms with Gasteiger partial charge in [0.25, 0.3) is 5.91 Å². The number of nitrogens with zero attached hydrogens (tertiary/aromatic N) is 1. The molecule has 6 heteroatoms. The smallest absolute Gasteiger partial charge is 0.345 e. The summed E-state index contributed by atoms with van der Waals surface area (Å²) in [5.41, 5.74) is 2.57. The molecule has 0 aliphatic rings. The number of benzene rings is 2. The zero-order valence-corrected chi connectivity index (χ0v) is 14.7. The summed E-state index contributed by atoms with van der Waals surface area (Å²) < 4.78 is 5.34. The van der Waals surface area contributed by atoms with Crippen molar-refractivity contribution in [3.63, 3.8) is 0 Å². The van der Waals surface area contributed by atoms with Crippen LogP contribution in [0.4, 0.5) is 5.13 Å². The van der Waals surface area contributed by atoms with E-state index in [1.807, 2.05) is 37.3 Å². The van der Waals surface area contributed by atoms with Crippen molar-refractivity contribution >= 4 is 33.3 Å². The number of nitrogens with one attached hydrogen (secondary N) is 1. The van der Waals surface area contributed by atoms with Crippen LogP contribution in [0.3, 0.4) is 0 Å². The Labute approximate surface area is 152 Å². The van der Waals surface area contributed by atoms with Crippen LogP contribution in [0, 0.1) is 6.92 Å². The molecular formula is C20H14N2O3S. The van der Waals surface area contributed by atoms with E-state index in [9.17, 15) is 9.59 Å². The van der Waals surface area contributed by atoms with Crippen LogP contribution in [0.1, 0.15) is 15.9 Å². The molecule has 0 unspecified atom stereocenters. The van der Waals surface area contributed by atoms with Crippen molar-refractivity contribution in [2.24, 2.45) is 0 Å². The van der Waals surface area contributed by atoms with Gasteiger partial charge >= 0.3 is 5.63 Å². The van der Waals surface area contributed by atoms with Crippen LogP contribution in [0.2, 0.25) is 0 Å². The van der Waals surface area contributed by atoms with E-state index >= 15 is 0 Å². The molecule has 0 bridgehead atoms. The van der Waals surface area contributed by atoms with Crippen molar-refractivity contribution < 1.29 is 9.21 Å². The normalized spacial score (nSPS) is 10.8. The highest BCUT2D eigenvalue weighted by Crippen LogP contribution is 2.25. The first-order valence-corrected chi connectivity index (χ1v) is 8.85. The van der Waals surface area contributed by atoms with Crippen LogP contribution in [-0.2, 0) is 0 Å². The van der Waals surface area contributed by atoms with E-state index in [0.717, 1.165) is 10.9 Å². The molecule has 0 radical (unpaired) electrons. The monoisotopic (exact) mass is 362 g/mol. The Morgan fingerprint density at radius 2 is 1.88 bits per heavy atom. The fraction of sp³-hybridized carbons (Fsp3) is 0.0500. The van der Waals surface area contributed by atoms with Crippen molar-refractivity contribution in [1.82, 2.24) is 4.98 Å². The van der Waals surface area contributed by atoms with Crippen molar-refractivity contribution in [3.8, 4) is 11.3 Å². The molecule has 0 atom stereocenters. The van der Waals surface area contributed by atoms with Crippen molar-refractivity contribution in [3.05, 3.63) is 81.5 Å². The molecule has 2 aromatic carbocycles. The quantitative estimate of drug-likeness (QED) is 0.546.